The first-order chi connectivity index (χ1) is 11.4. The van der Waals surface area contributed by atoms with Crippen molar-refractivity contribution in [2.45, 2.75) is 46.1 Å². The normalized spacial score (nSPS) is 16.1. The second-order valence-electron chi connectivity index (χ2n) is 6.51. The maximum atomic E-state index is 11.7. The Hall–Kier alpha value is -1.66. The molecule has 1 fully saturated rings. The highest BCUT2D eigenvalue weighted by atomic mass is 28.4. The van der Waals surface area contributed by atoms with Crippen LogP contribution in [0.25, 0.3) is 0 Å². The summed E-state index contributed by atoms with van der Waals surface area (Å²) in [5, 5.41) is 0.811. The van der Waals surface area contributed by atoms with Crippen LogP contribution in [0.2, 0.25) is 6.04 Å². The number of carbonyl (C=O) groups is 2. The molecule has 0 aliphatic carbocycles. The lowest BCUT2D eigenvalue weighted by Crippen LogP contribution is -2.56. The third-order valence-corrected chi connectivity index (χ3v) is 8.07. The van der Waals surface area contributed by atoms with E-state index in [4.69, 9.17) is 13.6 Å². The van der Waals surface area contributed by atoms with Gasteiger partial charge in [0.2, 0.25) is 0 Å². The molecule has 0 N–H and O–H groups in total. The van der Waals surface area contributed by atoms with Gasteiger partial charge in [-0.25, -0.2) is 0 Å². The van der Waals surface area contributed by atoms with Gasteiger partial charge in [-0.1, -0.05) is 37.3 Å². The minimum atomic E-state index is -3.14. The number of rotatable bonds is 8. The smallest absolute Gasteiger partial charge is 0.482 e. The minimum absolute atomic E-state index is 0.225. The lowest BCUT2D eigenvalue weighted by atomic mass is 9.79. The summed E-state index contributed by atoms with van der Waals surface area (Å²) in [7, 11) is -3.14. The average molecular weight is 350 g/mol. The second-order valence-corrected chi connectivity index (χ2v) is 9.50. The van der Waals surface area contributed by atoms with Crippen molar-refractivity contribution in [2.75, 3.05) is 13.2 Å². The van der Waals surface area contributed by atoms with Gasteiger partial charge in [0.15, 0.2) is 0 Å². The van der Waals surface area contributed by atoms with Gasteiger partial charge in [0.25, 0.3) is 11.9 Å². The molecule has 1 aromatic carbocycles. The molecule has 0 radical (unpaired) electrons. The fourth-order valence-electron chi connectivity index (χ4n) is 3.15. The summed E-state index contributed by atoms with van der Waals surface area (Å²) in [5.41, 5.74) is 0.225. The topological polar surface area (TPSA) is 61.8 Å². The zero-order chi connectivity index (χ0) is 17.6. The molecule has 1 saturated heterocycles. The zero-order valence-corrected chi connectivity index (χ0v) is 15.7. The van der Waals surface area contributed by atoms with Crippen LogP contribution in [0.5, 0.6) is 0 Å². The van der Waals surface area contributed by atoms with Gasteiger partial charge in [-0.05, 0) is 19.3 Å². The van der Waals surface area contributed by atoms with E-state index in [-0.39, 0.29) is 5.41 Å². The van der Waals surface area contributed by atoms with Crippen molar-refractivity contribution in [3.8, 4) is 0 Å². The predicted octanol–water partition coefficient (Wildman–Crippen LogP) is 2.67. The molecule has 0 bridgehead atoms. The predicted molar refractivity (Wildman–Crippen MR) is 92.9 cm³/mol. The molecular weight excluding hydrogens is 324 g/mol. The zero-order valence-electron chi connectivity index (χ0n) is 14.7. The van der Waals surface area contributed by atoms with Crippen molar-refractivity contribution in [2.24, 2.45) is 5.41 Å². The summed E-state index contributed by atoms with van der Waals surface area (Å²) in [6, 6.07) is 9.95. The summed E-state index contributed by atoms with van der Waals surface area (Å²) >= 11 is 0. The van der Waals surface area contributed by atoms with Crippen LogP contribution < -0.4 is 5.19 Å². The Morgan fingerprint density at radius 3 is 2.12 bits per heavy atom. The third-order valence-electron chi connectivity index (χ3n) is 4.61. The molecule has 0 saturated carbocycles. The fraction of sp³-hybridized carbons (Fsp3) is 0.556. The van der Waals surface area contributed by atoms with E-state index in [1.165, 1.54) is 13.8 Å². The second kappa shape index (κ2) is 7.94. The first kappa shape index (κ1) is 18.7. The SMILES string of the molecule is CCC1(CCC[Si](OC(C)=O)(OC(C)=O)c2ccccc2)COC1. The Bertz CT molecular complexity index is 547. The van der Waals surface area contributed by atoms with E-state index in [1.54, 1.807) is 0 Å². The van der Waals surface area contributed by atoms with Gasteiger partial charge in [-0.3, -0.25) is 9.59 Å². The van der Waals surface area contributed by atoms with Gasteiger partial charge < -0.3 is 13.6 Å². The number of ether oxygens (including phenoxy) is 1. The van der Waals surface area contributed by atoms with E-state index in [0.29, 0.717) is 6.04 Å². The molecule has 5 nitrogen and oxygen atoms in total. The Balaban J connectivity index is 2.19. The van der Waals surface area contributed by atoms with Gasteiger partial charge in [0, 0.05) is 30.5 Å². The minimum Gasteiger partial charge on any atom is -0.482 e. The van der Waals surface area contributed by atoms with Crippen molar-refractivity contribution in [1.82, 2.24) is 0 Å². The molecule has 2 rings (SSSR count). The Labute approximate surface area is 144 Å². The van der Waals surface area contributed by atoms with Crippen LogP contribution in [-0.4, -0.2) is 33.7 Å². The van der Waals surface area contributed by atoms with Crippen molar-refractivity contribution in [3.63, 3.8) is 0 Å². The fourth-order valence-corrected chi connectivity index (χ4v) is 6.20. The lowest BCUT2D eigenvalue weighted by molar-refractivity contribution is -0.138. The number of hydrogen-bond acceptors (Lipinski definition) is 5. The highest BCUT2D eigenvalue weighted by Crippen LogP contribution is 2.37. The Kier molecular flexibility index (Phi) is 6.18. The van der Waals surface area contributed by atoms with Crippen LogP contribution in [0.4, 0.5) is 0 Å². The van der Waals surface area contributed by atoms with Crippen molar-refractivity contribution in [1.29, 1.82) is 0 Å². The molecule has 0 aromatic heterocycles. The van der Waals surface area contributed by atoms with E-state index in [2.05, 4.69) is 6.92 Å². The standard InChI is InChI=1S/C18H26O5Si/c1-4-18(13-21-14-18)11-8-12-24(22-15(2)19,23-16(3)20)17-9-6-5-7-10-17/h5-7,9-10H,4,8,11-14H2,1-3H3. The maximum absolute atomic E-state index is 11.7. The van der Waals surface area contributed by atoms with Crippen LogP contribution in [0.1, 0.15) is 40.0 Å². The van der Waals surface area contributed by atoms with E-state index in [1.807, 2.05) is 30.3 Å². The van der Waals surface area contributed by atoms with Crippen molar-refractivity contribution in [3.05, 3.63) is 30.3 Å². The van der Waals surface area contributed by atoms with E-state index in [0.717, 1.165) is 37.7 Å². The number of benzene rings is 1. The molecule has 1 aromatic rings. The quantitative estimate of drug-likeness (QED) is 0.675. The molecule has 0 spiro atoms. The molecule has 6 heteroatoms. The molecule has 24 heavy (non-hydrogen) atoms. The van der Waals surface area contributed by atoms with Crippen LogP contribution in [-0.2, 0) is 23.2 Å². The molecule has 132 valence electrons. The summed E-state index contributed by atoms with van der Waals surface area (Å²) in [5.74, 6) is -0.826. The van der Waals surface area contributed by atoms with Crippen molar-refractivity contribution >= 4 is 25.7 Å². The third kappa shape index (κ3) is 4.45. The monoisotopic (exact) mass is 350 g/mol. The molecule has 0 amide bonds. The average Bonchev–Trinajstić information content (AvgIpc) is 2.49. The highest BCUT2D eigenvalue weighted by molar-refractivity contribution is 6.83. The molecule has 1 aliphatic heterocycles. The molecular formula is C18H26O5Si. The maximum Gasteiger partial charge on any atom is 0.499 e. The highest BCUT2D eigenvalue weighted by Gasteiger charge is 2.47. The Morgan fingerprint density at radius 2 is 1.71 bits per heavy atom. The van der Waals surface area contributed by atoms with E-state index < -0.39 is 20.5 Å². The molecule has 1 aliphatic rings. The van der Waals surface area contributed by atoms with Gasteiger partial charge in [0.1, 0.15) is 0 Å². The van der Waals surface area contributed by atoms with Crippen LogP contribution in [0.15, 0.2) is 30.3 Å². The van der Waals surface area contributed by atoms with Crippen LogP contribution in [0.3, 0.4) is 0 Å². The van der Waals surface area contributed by atoms with Gasteiger partial charge in [-0.2, -0.15) is 0 Å². The summed E-state index contributed by atoms with van der Waals surface area (Å²) < 4.78 is 16.7. The summed E-state index contributed by atoms with van der Waals surface area (Å²) in [6.07, 6.45) is 2.88. The first-order valence-corrected chi connectivity index (χ1v) is 10.5. The lowest BCUT2D eigenvalue weighted by Gasteiger charge is -2.41. The van der Waals surface area contributed by atoms with E-state index >= 15 is 0 Å². The molecule has 0 unspecified atom stereocenters. The summed E-state index contributed by atoms with van der Waals surface area (Å²) in [4.78, 5) is 23.4. The Morgan fingerprint density at radius 1 is 1.12 bits per heavy atom. The largest absolute Gasteiger partial charge is 0.499 e. The number of carbonyl (C=O) groups excluding carboxylic acids is 2. The molecule has 1 heterocycles. The van der Waals surface area contributed by atoms with E-state index in [9.17, 15) is 9.59 Å². The van der Waals surface area contributed by atoms with Gasteiger partial charge in [0.05, 0.1) is 13.2 Å². The van der Waals surface area contributed by atoms with Crippen molar-refractivity contribution < 1.29 is 23.2 Å². The van der Waals surface area contributed by atoms with Crippen LogP contribution in [0, 0.1) is 5.41 Å². The van der Waals surface area contributed by atoms with Gasteiger partial charge >= 0.3 is 8.56 Å². The van der Waals surface area contributed by atoms with Gasteiger partial charge in [-0.15, -0.1) is 0 Å². The summed E-state index contributed by atoms with van der Waals surface area (Å²) in [6.45, 7) is 6.46. The molecule has 0 atom stereocenters. The van der Waals surface area contributed by atoms with Crippen LogP contribution >= 0.6 is 0 Å². The number of hydrogen-bond donors (Lipinski definition) is 0. The first-order valence-electron chi connectivity index (χ1n) is 8.44.